The van der Waals surface area contributed by atoms with Crippen LogP contribution in [0.4, 0.5) is 4.39 Å². The minimum Gasteiger partial charge on any atom is -0.508 e. The van der Waals surface area contributed by atoms with Crippen LogP contribution in [-0.4, -0.2) is 53.2 Å². The molecule has 1 aromatic rings. The third-order valence-corrected chi connectivity index (χ3v) is 4.69. The van der Waals surface area contributed by atoms with E-state index in [1.807, 2.05) is 0 Å². The predicted molar refractivity (Wildman–Crippen MR) is 80.5 cm³/mol. The molecule has 116 valence electrons. The summed E-state index contributed by atoms with van der Waals surface area (Å²) in [4.78, 5) is 4.89. The molecule has 0 amide bonds. The summed E-state index contributed by atoms with van der Waals surface area (Å²) in [5, 5.41) is 9.47. The van der Waals surface area contributed by atoms with Crippen LogP contribution >= 0.6 is 0 Å². The molecule has 3 rings (SSSR count). The zero-order chi connectivity index (χ0) is 14.8. The molecule has 0 saturated carbocycles. The Morgan fingerprint density at radius 2 is 1.90 bits per heavy atom. The minimum absolute atomic E-state index is 0.00534. The number of halogens is 1. The highest BCUT2D eigenvalue weighted by Gasteiger charge is 2.29. The Labute approximate surface area is 125 Å². The molecule has 1 unspecified atom stereocenters. The number of nitrogens with two attached hydrogens (primary N) is 1. The van der Waals surface area contributed by atoms with Gasteiger partial charge in [0.1, 0.15) is 11.6 Å². The van der Waals surface area contributed by atoms with Gasteiger partial charge in [0.15, 0.2) is 0 Å². The molecule has 0 aromatic heterocycles. The second-order valence-electron chi connectivity index (χ2n) is 6.37. The Balaban J connectivity index is 1.54. The average molecular weight is 293 g/mol. The van der Waals surface area contributed by atoms with E-state index >= 15 is 0 Å². The van der Waals surface area contributed by atoms with Gasteiger partial charge in [-0.2, -0.15) is 0 Å². The summed E-state index contributed by atoms with van der Waals surface area (Å²) in [7, 11) is 0. The van der Waals surface area contributed by atoms with E-state index in [-0.39, 0.29) is 11.6 Å². The smallest absolute Gasteiger partial charge is 0.127 e. The van der Waals surface area contributed by atoms with Crippen molar-refractivity contribution in [2.24, 2.45) is 5.73 Å². The fraction of sp³-hybridized carbons (Fsp3) is 0.625. The van der Waals surface area contributed by atoms with Gasteiger partial charge < -0.3 is 10.8 Å². The quantitative estimate of drug-likeness (QED) is 0.887. The normalized spacial score (nSPS) is 25.5. The number of aromatic hydroxyl groups is 1. The van der Waals surface area contributed by atoms with Crippen LogP contribution in [0.2, 0.25) is 0 Å². The standard InChI is InChI=1S/C16H24FN3O/c17-13-7-12(8-16(21)9-13)10-19-4-3-15(11-19)20-5-1-14(18)2-6-20/h7-9,14-15,21H,1-6,10-11,18H2. The molecule has 0 spiro atoms. The van der Waals surface area contributed by atoms with Crippen LogP contribution in [0.25, 0.3) is 0 Å². The van der Waals surface area contributed by atoms with E-state index in [9.17, 15) is 9.50 Å². The molecular weight excluding hydrogens is 269 g/mol. The van der Waals surface area contributed by atoms with Crippen molar-refractivity contribution in [3.05, 3.63) is 29.6 Å². The molecule has 2 saturated heterocycles. The first-order valence-corrected chi connectivity index (χ1v) is 7.80. The van der Waals surface area contributed by atoms with Crippen LogP contribution in [0.1, 0.15) is 24.8 Å². The Morgan fingerprint density at radius 1 is 1.14 bits per heavy atom. The van der Waals surface area contributed by atoms with Crippen LogP contribution in [0.3, 0.4) is 0 Å². The highest BCUT2D eigenvalue weighted by Crippen LogP contribution is 2.23. The van der Waals surface area contributed by atoms with E-state index in [4.69, 9.17) is 5.73 Å². The van der Waals surface area contributed by atoms with E-state index in [1.54, 1.807) is 6.07 Å². The molecule has 0 radical (unpaired) electrons. The molecule has 5 heteroatoms. The number of likely N-dealkylation sites (tertiary alicyclic amines) is 2. The van der Waals surface area contributed by atoms with Crippen molar-refractivity contribution in [2.75, 3.05) is 26.2 Å². The number of hydrogen-bond acceptors (Lipinski definition) is 4. The molecule has 1 atom stereocenters. The molecule has 3 N–H and O–H groups in total. The van der Waals surface area contributed by atoms with E-state index in [2.05, 4.69) is 9.80 Å². The van der Waals surface area contributed by atoms with E-state index in [0.29, 0.717) is 18.6 Å². The van der Waals surface area contributed by atoms with Gasteiger partial charge in [-0.25, -0.2) is 4.39 Å². The van der Waals surface area contributed by atoms with Gasteiger partial charge in [-0.05, 0) is 50.0 Å². The molecule has 2 heterocycles. The highest BCUT2D eigenvalue weighted by atomic mass is 19.1. The van der Waals surface area contributed by atoms with Gasteiger partial charge in [0, 0.05) is 37.8 Å². The molecule has 0 aliphatic carbocycles. The predicted octanol–water partition coefficient (Wildman–Crippen LogP) is 1.53. The fourth-order valence-electron chi connectivity index (χ4n) is 3.52. The van der Waals surface area contributed by atoms with E-state index in [0.717, 1.165) is 57.1 Å². The maximum Gasteiger partial charge on any atom is 0.127 e. The summed E-state index contributed by atoms with van der Waals surface area (Å²) < 4.78 is 13.3. The lowest BCUT2D eigenvalue weighted by molar-refractivity contribution is 0.151. The van der Waals surface area contributed by atoms with Crippen molar-refractivity contribution < 1.29 is 9.50 Å². The summed E-state index contributed by atoms with van der Waals surface area (Å²) in [5.74, 6) is -0.364. The number of benzene rings is 1. The first-order valence-electron chi connectivity index (χ1n) is 7.80. The van der Waals surface area contributed by atoms with Crippen LogP contribution in [0, 0.1) is 5.82 Å². The molecule has 2 aliphatic rings. The van der Waals surface area contributed by atoms with Gasteiger partial charge in [-0.1, -0.05) is 0 Å². The Morgan fingerprint density at radius 3 is 2.62 bits per heavy atom. The van der Waals surface area contributed by atoms with Crippen molar-refractivity contribution in [3.63, 3.8) is 0 Å². The number of phenolic OH excluding ortho intramolecular Hbond substituents is 1. The summed E-state index contributed by atoms with van der Waals surface area (Å²) >= 11 is 0. The number of hydrogen-bond donors (Lipinski definition) is 2. The second kappa shape index (κ2) is 6.30. The largest absolute Gasteiger partial charge is 0.508 e. The summed E-state index contributed by atoms with van der Waals surface area (Å²) in [5.41, 5.74) is 6.80. The average Bonchev–Trinajstić information content (AvgIpc) is 2.87. The van der Waals surface area contributed by atoms with Crippen molar-refractivity contribution in [2.45, 2.75) is 37.9 Å². The molecule has 0 bridgehead atoms. The molecule has 4 nitrogen and oxygen atoms in total. The first-order chi connectivity index (χ1) is 10.1. The third kappa shape index (κ3) is 3.73. The van der Waals surface area contributed by atoms with Crippen LogP contribution < -0.4 is 5.73 Å². The van der Waals surface area contributed by atoms with Gasteiger partial charge >= 0.3 is 0 Å². The van der Waals surface area contributed by atoms with E-state index in [1.165, 1.54) is 6.07 Å². The Hall–Kier alpha value is -1.17. The lowest BCUT2D eigenvalue weighted by Gasteiger charge is -2.34. The zero-order valence-electron chi connectivity index (χ0n) is 12.3. The third-order valence-electron chi connectivity index (χ3n) is 4.69. The van der Waals surface area contributed by atoms with Crippen molar-refractivity contribution in [3.8, 4) is 5.75 Å². The topological polar surface area (TPSA) is 52.7 Å². The van der Waals surface area contributed by atoms with Crippen molar-refractivity contribution >= 4 is 0 Å². The summed E-state index contributed by atoms with van der Waals surface area (Å²) in [6.07, 6.45) is 3.35. The lowest BCUT2D eigenvalue weighted by atomic mass is 10.0. The summed E-state index contributed by atoms with van der Waals surface area (Å²) in [6, 6.07) is 5.27. The minimum atomic E-state index is -0.370. The lowest BCUT2D eigenvalue weighted by Crippen LogP contribution is -2.46. The van der Waals surface area contributed by atoms with Gasteiger partial charge in [-0.15, -0.1) is 0 Å². The van der Waals surface area contributed by atoms with Gasteiger partial charge in [0.05, 0.1) is 0 Å². The second-order valence-corrected chi connectivity index (χ2v) is 6.37. The number of phenols is 1. The van der Waals surface area contributed by atoms with Crippen molar-refractivity contribution in [1.29, 1.82) is 0 Å². The van der Waals surface area contributed by atoms with Crippen molar-refractivity contribution in [1.82, 2.24) is 9.80 Å². The Kier molecular flexibility index (Phi) is 4.42. The fourth-order valence-corrected chi connectivity index (χ4v) is 3.52. The molecule has 21 heavy (non-hydrogen) atoms. The number of rotatable bonds is 3. The first kappa shape index (κ1) is 14.8. The maximum atomic E-state index is 13.3. The van der Waals surface area contributed by atoms with E-state index < -0.39 is 0 Å². The summed E-state index contributed by atoms with van der Waals surface area (Å²) in [6.45, 7) is 4.95. The molecule has 2 aliphatic heterocycles. The van der Waals surface area contributed by atoms with Gasteiger partial charge in [-0.3, -0.25) is 9.80 Å². The zero-order valence-corrected chi connectivity index (χ0v) is 12.3. The molecule has 2 fully saturated rings. The number of nitrogens with zero attached hydrogens (tertiary/aromatic N) is 2. The molecular formula is C16H24FN3O. The van der Waals surface area contributed by atoms with Gasteiger partial charge in [0.2, 0.25) is 0 Å². The Bertz CT molecular complexity index is 468. The van der Waals surface area contributed by atoms with Crippen LogP contribution in [0.15, 0.2) is 18.2 Å². The SMILES string of the molecule is NC1CCN(C2CCN(Cc3cc(O)cc(F)c3)C2)CC1. The van der Waals surface area contributed by atoms with Crippen LogP contribution in [0.5, 0.6) is 5.75 Å². The van der Waals surface area contributed by atoms with Gasteiger partial charge in [0.25, 0.3) is 0 Å². The molecule has 1 aromatic carbocycles. The highest BCUT2D eigenvalue weighted by molar-refractivity contribution is 5.28. The maximum absolute atomic E-state index is 13.3. The number of piperidine rings is 1. The monoisotopic (exact) mass is 293 g/mol. The van der Waals surface area contributed by atoms with Crippen LogP contribution in [-0.2, 0) is 6.54 Å².